The van der Waals surface area contributed by atoms with Crippen molar-refractivity contribution in [2.45, 2.75) is 57.8 Å². The van der Waals surface area contributed by atoms with Gasteiger partial charge in [0.25, 0.3) is 5.91 Å². The minimum atomic E-state index is -0.182. The molecule has 1 amide bonds. The van der Waals surface area contributed by atoms with E-state index in [1.54, 1.807) is 0 Å². The highest BCUT2D eigenvalue weighted by atomic mass is 16.3. The number of aliphatic hydroxyl groups excluding tert-OH is 1. The molecular weight excluding hydrogens is 364 g/mol. The van der Waals surface area contributed by atoms with Gasteiger partial charge in [-0.3, -0.25) is 10.1 Å². The number of rotatable bonds is 7. The summed E-state index contributed by atoms with van der Waals surface area (Å²) in [7, 11) is 0. The number of aromatic nitrogens is 1. The van der Waals surface area contributed by atoms with E-state index in [4.69, 9.17) is 4.98 Å². The molecule has 6 nitrogen and oxygen atoms in total. The molecule has 1 fully saturated rings. The van der Waals surface area contributed by atoms with Crippen LogP contribution in [0.2, 0.25) is 0 Å². The highest BCUT2D eigenvalue weighted by Crippen LogP contribution is 2.33. The fraction of sp³-hybridized carbons (Fsp3) is 0.478. The lowest BCUT2D eigenvalue weighted by Crippen LogP contribution is -2.32. The van der Waals surface area contributed by atoms with Crippen molar-refractivity contribution in [1.29, 1.82) is 0 Å². The van der Waals surface area contributed by atoms with Gasteiger partial charge in [-0.1, -0.05) is 37.3 Å². The van der Waals surface area contributed by atoms with Crippen molar-refractivity contribution in [3.8, 4) is 0 Å². The zero-order chi connectivity index (χ0) is 20.4. The van der Waals surface area contributed by atoms with Crippen LogP contribution >= 0.6 is 0 Å². The number of fused-ring (bicyclic) bond motifs is 1. The second-order valence-corrected chi connectivity index (χ2v) is 8.03. The molecule has 29 heavy (non-hydrogen) atoms. The third kappa shape index (κ3) is 3.87. The number of hydrogen-bond donors (Lipinski definition) is 3. The zero-order valence-corrected chi connectivity index (χ0v) is 17.2. The first kappa shape index (κ1) is 19.9. The minimum absolute atomic E-state index is 0.00271. The SMILES string of the molecule is CC[C@H](N[C@H](CO)c1ccccc1)c1nc(N2CCC[C@H]2C)cc2c1CNC2=O. The number of pyridine rings is 1. The number of hydrogen-bond acceptors (Lipinski definition) is 5. The van der Waals surface area contributed by atoms with Crippen LogP contribution in [-0.2, 0) is 6.54 Å². The predicted molar refractivity (Wildman–Crippen MR) is 114 cm³/mol. The van der Waals surface area contributed by atoms with Gasteiger partial charge in [0.1, 0.15) is 5.82 Å². The molecule has 3 heterocycles. The molecule has 154 valence electrons. The van der Waals surface area contributed by atoms with Gasteiger partial charge in [-0.25, -0.2) is 4.98 Å². The summed E-state index contributed by atoms with van der Waals surface area (Å²) >= 11 is 0. The Kier molecular flexibility index (Phi) is 5.83. The Labute approximate surface area is 172 Å². The number of benzene rings is 1. The normalized spacial score (nSPS) is 20.4. The molecule has 1 aromatic carbocycles. The van der Waals surface area contributed by atoms with E-state index in [1.807, 2.05) is 36.4 Å². The second kappa shape index (κ2) is 8.51. The van der Waals surface area contributed by atoms with Crippen LogP contribution in [0.25, 0.3) is 0 Å². The average Bonchev–Trinajstić information content (AvgIpc) is 3.35. The first-order chi connectivity index (χ1) is 14.1. The van der Waals surface area contributed by atoms with Crippen LogP contribution in [0, 0.1) is 0 Å². The summed E-state index contributed by atoms with van der Waals surface area (Å²) in [5.74, 6) is 0.870. The van der Waals surface area contributed by atoms with Gasteiger partial charge in [0, 0.05) is 30.3 Å². The Balaban J connectivity index is 1.70. The summed E-state index contributed by atoms with van der Waals surface area (Å²) in [6.45, 7) is 5.82. The Hall–Kier alpha value is -2.44. The number of carbonyl (C=O) groups is 1. The highest BCUT2D eigenvalue weighted by molar-refractivity contribution is 5.99. The molecule has 0 unspecified atom stereocenters. The molecular formula is C23H30N4O2. The molecule has 0 aliphatic carbocycles. The summed E-state index contributed by atoms with van der Waals surface area (Å²) in [5.41, 5.74) is 3.69. The monoisotopic (exact) mass is 394 g/mol. The van der Waals surface area contributed by atoms with E-state index in [-0.39, 0.29) is 24.6 Å². The largest absolute Gasteiger partial charge is 0.394 e. The van der Waals surface area contributed by atoms with Crippen molar-refractivity contribution in [3.05, 3.63) is 58.8 Å². The van der Waals surface area contributed by atoms with Crippen LogP contribution in [0.1, 0.15) is 72.4 Å². The Morgan fingerprint density at radius 3 is 2.76 bits per heavy atom. The molecule has 6 heteroatoms. The van der Waals surface area contributed by atoms with E-state index < -0.39 is 0 Å². The van der Waals surface area contributed by atoms with Gasteiger partial charge in [-0.05, 0) is 37.8 Å². The molecule has 0 bridgehead atoms. The van der Waals surface area contributed by atoms with Crippen LogP contribution in [-0.4, -0.2) is 35.2 Å². The van der Waals surface area contributed by atoms with E-state index in [0.29, 0.717) is 12.6 Å². The topological polar surface area (TPSA) is 77.5 Å². The maximum Gasteiger partial charge on any atom is 0.252 e. The summed E-state index contributed by atoms with van der Waals surface area (Å²) in [5, 5.41) is 16.6. The zero-order valence-electron chi connectivity index (χ0n) is 17.2. The Morgan fingerprint density at radius 2 is 2.10 bits per heavy atom. The van der Waals surface area contributed by atoms with Crippen molar-refractivity contribution in [2.75, 3.05) is 18.1 Å². The molecule has 3 atom stereocenters. The maximum absolute atomic E-state index is 12.5. The lowest BCUT2D eigenvalue weighted by atomic mass is 9.99. The lowest BCUT2D eigenvalue weighted by molar-refractivity contribution is 0.0965. The summed E-state index contributed by atoms with van der Waals surface area (Å²) in [6.07, 6.45) is 3.11. The molecule has 3 N–H and O–H groups in total. The molecule has 4 rings (SSSR count). The van der Waals surface area contributed by atoms with Crippen molar-refractivity contribution >= 4 is 11.7 Å². The van der Waals surface area contributed by atoms with E-state index in [9.17, 15) is 9.90 Å². The minimum Gasteiger partial charge on any atom is -0.394 e. The van der Waals surface area contributed by atoms with Crippen LogP contribution in [0.15, 0.2) is 36.4 Å². The van der Waals surface area contributed by atoms with Crippen molar-refractivity contribution in [1.82, 2.24) is 15.6 Å². The van der Waals surface area contributed by atoms with Crippen LogP contribution in [0.5, 0.6) is 0 Å². The van der Waals surface area contributed by atoms with Gasteiger partial charge in [0.2, 0.25) is 0 Å². The van der Waals surface area contributed by atoms with Crippen LogP contribution < -0.4 is 15.5 Å². The van der Waals surface area contributed by atoms with Gasteiger partial charge < -0.3 is 15.3 Å². The number of amides is 1. The smallest absolute Gasteiger partial charge is 0.252 e. The predicted octanol–water partition coefficient (Wildman–Crippen LogP) is 3.09. The third-order valence-electron chi connectivity index (χ3n) is 6.19. The van der Waals surface area contributed by atoms with E-state index >= 15 is 0 Å². The van der Waals surface area contributed by atoms with Crippen molar-refractivity contribution in [2.24, 2.45) is 0 Å². The third-order valence-corrected chi connectivity index (χ3v) is 6.19. The number of nitrogens with one attached hydrogen (secondary N) is 2. The average molecular weight is 395 g/mol. The number of aliphatic hydroxyl groups is 1. The van der Waals surface area contributed by atoms with E-state index in [0.717, 1.165) is 54.0 Å². The summed E-state index contributed by atoms with van der Waals surface area (Å²) in [6, 6.07) is 12.1. The molecule has 1 saturated heterocycles. The lowest BCUT2D eigenvalue weighted by Gasteiger charge is -2.28. The van der Waals surface area contributed by atoms with Gasteiger partial charge in [0.05, 0.1) is 24.4 Å². The summed E-state index contributed by atoms with van der Waals surface area (Å²) in [4.78, 5) is 19.8. The van der Waals surface area contributed by atoms with Gasteiger partial charge in [0.15, 0.2) is 0 Å². The summed E-state index contributed by atoms with van der Waals surface area (Å²) < 4.78 is 0. The van der Waals surface area contributed by atoms with E-state index in [2.05, 4.69) is 29.4 Å². The van der Waals surface area contributed by atoms with Gasteiger partial charge >= 0.3 is 0 Å². The van der Waals surface area contributed by atoms with E-state index in [1.165, 1.54) is 0 Å². The Bertz CT molecular complexity index is 871. The van der Waals surface area contributed by atoms with Crippen molar-refractivity contribution in [3.63, 3.8) is 0 Å². The molecule has 2 aliphatic rings. The molecule has 0 spiro atoms. The fourth-order valence-electron chi connectivity index (χ4n) is 4.51. The van der Waals surface area contributed by atoms with Crippen molar-refractivity contribution < 1.29 is 9.90 Å². The fourth-order valence-corrected chi connectivity index (χ4v) is 4.51. The maximum atomic E-state index is 12.5. The first-order valence-corrected chi connectivity index (χ1v) is 10.6. The number of nitrogens with zero attached hydrogens (tertiary/aromatic N) is 2. The highest BCUT2D eigenvalue weighted by Gasteiger charge is 2.31. The number of carbonyl (C=O) groups excluding carboxylic acids is 1. The number of anilines is 1. The quantitative estimate of drug-likeness (QED) is 0.673. The molecule has 2 aliphatic heterocycles. The van der Waals surface area contributed by atoms with Gasteiger partial charge in [-0.15, -0.1) is 0 Å². The van der Waals surface area contributed by atoms with Crippen LogP contribution in [0.3, 0.4) is 0 Å². The second-order valence-electron chi connectivity index (χ2n) is 8.03. The molecule has 2 aromatic rings. The Morgan fingerprint density at radius 1 is 1.31 bits per heavy atom. The van der Waals surface area contributed by atoms with Gasteiger partial charge in [-0.2, -0.15) is 0 Å². The first-order valence-electron chi connectivity index (χ1n) is 10.6. The molecule has 0 radical (unpaired) electrons. The van der Waals surface area contributed by atoms with Crippen LogP contribution in [0.4, 0.5) is 5.82 Å². The standard InChI is InChI=1S/C23H30N4O2/c1-3-19(25-20(14-28)16-9-5-4-6-10-16)22-18-13-24-23(29)17(18)12-21(26-22)27-11-7-8-15(27)2/h4-6,9-10,12,15,19-20,25,28H,3,7-8,11,13-14H2,1-2H3,(H,24,29)/t15-,19+,20-/m1/s1. The molecule has 0 saturated carbocycles. The molecule has 1 aromatic heterocycles.